The number of carbonyl (C=O) groups excluding carboxylic acids is 1. The molecule has 1 N–H and O–H groups in total. The van der Waals surface area contributed by atoms with Crippen LogP contribution in [0, 0.1) is 12.8 Å². The van der Waals surface area contributed by atoms with Gasteiger partial charge in [-0.05, 0) is 55.9 Å². The van der Waals surface area contributed by atoms with Gasteiger partial charge in [0.2, 0.25) is 5.91 Å². The molecule has 1 aromatic heterocycles. The molecule has 4 rings (SSSR count). The molecule has 1 saturated heterocycles. The first-order chi connectivity index (χ1) is 15.1. The van der Waals surface area contributed by atoms with Crippen molar-refractivity contribution < 1.29 is 9.53 Å². The number of nitrogens with one attached hydrogen (secondary N) is 1. The average molecular weight is 420 g/mol. The number of aryl methyl sites for hydroxylation is 1. The third-order valence-corrected chi connectivity index (χ3v) is 6.27. The normalized spacial score (nSPS) is 15.4. The first-order valence-electron chi connectivity index (χ1n) is 11.3. The molecule has 3 aromatic rings. The molecule has 0 aliphatic carbocycles. The van der Waals surface area contributed by atoms with Crippen molar-refractivity contribution in [3.05, 3.63) is 71.4 Å². The van der Waals surface area contributed by atoms with E-state index in [0.717, 1.165) is 39.0 Å². The summed E-state index contributed by atoms with van der Waals surface area (Å²) >= 11 is 0. The quantitative estimate of drug-likeness (QED) is 0.562. The number of ether oxygens (including phenoxy) is 1. The largest absolute Gasteiger partial charge is 0.383 e. The lowest BCUT2D eigenvalue weighted by molar-refractivity contribution is -0.126. The first kappa shape index (κ1) is 21.6. The molecule has 1 aliphatic rings. The highest BCUT2D eigenvalue weighted by Gasteiger charge is 2.25. The Hall–Kier alpha value is -2.63. The minimum atomic E-state index is 0.117. The third-order valence-electron chi connectivity index (χ3n) is 6.27. The highest BCUT2D eigenvalue weighted by molar-refractivity contribution is 5.81. The summed E-state index contributed by atoms with van der Waals surface area (Å²) in [5.41, 5.74) is 5.24. The summed E-state index contributed by atoms with van der Waals surface area (Å²) in [5.74, 6) is 0.288. The molecule has 1 aliphatic heterocycles. The maximum absolute atomic E-state index is 12.4. The first-order valence-corrected chi connectivity index (χ1v) is 11.3. The number of methoxy groups -OCH3 is 1. The number of benzene rings is 2. The minimum absolute atomic E-state index is 0.117. The van der Waals surface area contributed by atoms with E-state index in [0.29, 0.717) is 13.2 Å². The molecule has 0 unspecified atom stereocenters. The van der Waals surface area contributed by atoms with Crippen LogP contribution in [0.3, 0.4) is 0 Å². The van der Waals surface area contributed by atoms with Crippen LogP contribution in [-0.4, -0.2) is 48.7 Å². The smallest absolute Gasteiger partial charge is 0.223 e. The Bertz CT molecular complexity index is 1020. The maximum Gasteiger partial charge on any atom is 0.223 e. The van der Waals surface area contributed by atoms with Crippen molar-refractivity contribution in [1.82, 2.24) is 14.8 Å². The van der Waals surface area contributed by atoms with E-state index in [2.05, 4.69) is 76.3 Å². The Balaban J connectivity index is 1.45. The van der Waals surface area contributed by atoms with Gasteiger partial charge in [-0.25, -0.2) is 0 Å². The van der Waals surface area contributed by atoms with E-state index in [-0.39, 0.29) is 11.8 Å². The van der Waals surface area contributed by atoms with E-state index in [1.807, 2.05) is 0 Å². The van der Waals surface area contributed by atoms with Crippen molar-refractivity contribution in [1.29, 1.82) is 0 Å². The predicted octanol–water partition coefficient (Wildman–Crippen LogP) is 3.97. The number of hydrogen-bond acceptors (Lipinski definition) is 3. The summed E-state index contributed by atoms with van der Waals surface area (Å²) < 4.78 is 7.47. The Kier molecular flexibility index (Phi) is 7.05. The monoisotopic (exact) mass is 419 g/mol. The van der Waals surface area contributed by atoms with Gasteiger partial charge in [0, 0.05) is 43.9 Å². The number of hydrogen-bond donors (Lipinski definition) is 1. The van der Waals surface area contributed by atoms with E-state index in [1.54, 1.807) is 7.11 Å². The van der Waals surface area contributed by atoms with Crippen LogP contribution in [0.1, 0.15) is 29.7 Å². The summed E-state index contributed by atoms with van der Waals surface area (Å²) in [6.45, 7) is 7.00. The molecule has 2 heterocycles. The lowest BCUT2D eigenvalue weighted by Gasteiger charge is -2.31. The fourth-order valence-corrected chi connectivity index (χ4v) is 4.58. The van der Waals surface area contributed by atoms with E-state index in [1.165, 1.54) is 27.7 Å². The average Bonchev–Trinajstić information content (AvgIpc) is 3.11. The number of amides is 1. The van der Waals surface area contributed by atoms with E-state index in [9.17, 15) is 4.79 Å². The highest BCUT2D eigenvalue weighted by atomic mass is 16.5. The highest BCUT2D eigenvalue weighted by Crippen LogP contribution is 2.25. The molecule has 1 fully saturated rings. The molecule has 0 radical (unpaired) electrons. The number of rotatable bonds is 8. The van der Waals surface area contributed by atoms with Crippen molar-refractivity contribution in [2.45, 2.75) is 32.9 Å². The van der Waals surface area contributed by atoms with Crippen LogP contribution in [0.2, 0.25) is 0 Å². The summed E-state index contributed by atoms with van der Waals surface area (Å²) in [7, 11) is 1.66. The minimum Gasteiger partial charge on any atom is -0.383 e. The van der Waals surface area contributed by atoms with E-state index >= 15 is 0 Å². The Labute approximate surface area is 185 Å². The summed E-state index contributed by atoms with van der Waals surface area (Å²) in [6.07, 6.45) is 1.83. The molecule has 31 heavy (non-hydrogen) atoms. The number of para-hydroxylation sites is 1. The van der Waals surface area contributed by atoms with Crippen molar-refractivity contribution >= 4 is 16.8 Å². The summed E-state index contributed by atoms with van der Waals surface area (Å²) in [5, 5.41) is 4.28. The standard InChI is InChI=1S/C26H33N3O2/c1-20-6-5-7-21(16-20)18-29-24(17-23-8-3-4-9-25(23)29)19-28-13-10-22(11-14-28)26(30)27-12-15-31-2/h3-9,16-17,22H,10-15,18-19H2,1-2H3,(H,27,30). The lowest BCUT2D eigenvalue weighted by Crippen LogP contribution is -2.41. The van der Waals surface area contributed by atoms with Crippen LogP contribution in [0.5, 0.6) is 0 Å². The maximum atomic E-state index is 12.4. The fraction of sp³-hybridized carbons (Fsp3) is 0.423. The summed E-state index contributed by atoms with van der Waals surface area (Å²) in [4.78, 5) is 14.8. The molecular formula is C26H33N3O2. The summed E-state index contributed by atoms with van der Waals surface area (Å²) in [6, 6.07) is 19.7. The third kappa shape index (κ3) is 5.35. The molecule has 1 amide bonds. The van der Waals surface area contributed by atoms with Gasteiger partial charge in [-0.15, -0.1) is 0 Å². The topological polar surface area (TPSA) is 46.5 Å². The molecule has 5 heteroatoms. The molecule has 0 atom stereocenters. The number of piperidine rings is 1. The Morgan fingerprint density at radius 1 is 1.06 bits per heavy atom. The van der Waals surface area contributed by atoms with Gasteiger partial charge in [0.1, 0.15) is 0 Å². The van der Waals surface area contributed by atoms with Crippen LogP contribution in [-0.2, 0) is 22.6 Å². The lowest BCUT2D eigenvalue weighted by atomic mass is 9.96. The Morgan fingerprint density at radius 3 is 2.65 bits per heavy atom. The number of carbonyl (C=O) groups is 1. The van der Waals surface area contributed by atoms with Gasteiger partial charge in [-0.1, -0.05) is 48.0 Å². The molecule has 0 saturated carbocycles. The number of aromatic nitrogens is 1. The van der Waals surface area contributed by atoms with Gasteiger partial charge in [-0.3, -0.25) is 9.69 Å². The van der Waals surface area contributed by atoms with Crippen LogP contribution < -0.4 is 5.32 Å². The number of fused-ring (bicyclic) bond motifs is 1. The zero-order valence-corrected chi connectivity index (χ0v) is 18.6. The SMILES string of the molecule is COCCNC(=O)C1CCN(Cc2cc3ccccc3n2Cc2cccc(C)c2)CC1. The van der Waals surface area contributed by atoms with Gasteiger partial charge < -0.3 is 14.6 Å². The van der Waals surface area contributed by atoms with E-state index < -0.39 is 0 Å². The molecule has 0 bridgehead atoms. The van der Waals surface area contributed by atoms with Crippen molar-refractivity contribution in [2.75, 3.05) is 33.4 Å². The number of likely N-dealkylation sites (tertiary alicyclic amines) is 1. The molecule has 5 nitrogen and oxygen atoms in total. The molecule has 0 spiro atoms. The zero-order valence-electron chi connectivity index (χ0n) is 18.6. The van der Waals surface area contributed by atoms with Gasteiger partial charge >= 0.3 is 0 Å². The van der Waals surface area contributed by atoms with Crippen LogP contribution in [0.15, 0.2) is 54.6 Å². The van der Waals surface area contributed by atoms with Gasteiger partial charge in [0.05, 0.1) is 6.61 Å². The second kappa shape index (κ2) is 10.1. The Morgan fingerprint density at radius 2 is 1.87 bits per heavy atom. The second-order valence-corrected chi connectivity index (χ2v) is 8.60. The van der Waals surface area contributed by atoms with Crippen LogP contribution in [0.4, 0.5) is 0 Å². The van der Waals surface area contributed by atoms with Crippen LogP contribution in [0.25, 0.3) is 10.9 Å². The second-order valence-electron chi connectivity index (χ2n) is 8.60. The van der Waals surface area contributed by atoms with E-state index in [4.69, 9.17) is 4.74 Å². The van der Waals surface area contributed by atoms with Gasteiger partial charge in [0.15, 0.2) is 0 Å². The molecular weight excluding hydrogens is 386 g/mol. The van der Waals surface area contributed by atoms with Gasteiger partial charge in [-0.2, -0.15) is 0 Å². The predicted molar refractivity (Wildman–Crippen MR) is 125 cm³/mol. The van der Waals surface area contributed by atoms with Gasteiger partial charge in [0.25, 0.3) is 0 Å². The number of nitrogens with zero attached hydrogens (tertiary/aromatic N) is 2. The van der Waals surface area contributed by atoms with Crippen molar-refractivity contribution in [3.8, 4) is 0 Å². The zero-order chi connectivity index (χ0) is 21.6. The van der Waals surface area contributed by atoms with Crippen molar-refractivity contribution in [2.24, 2.45) is 5.92 Å². The molecule has 2 aromatic carbocycles. The molecule has 164 valence electrons. The van der Waals surface area contributed by atoms with Crippen LogP contribution >= 0.6 is 0 Å². The fourth-order valence-electron chi connectivity index (χ4n) is 4.58. The van der Waals surface area contributed by atoms with Crippen molar-refractivity contribution in [3.63, 3.8) is 0 Å².